The summed E-state index contributed by atoms with van der Waals surface area (Å²) in [6, 6.07) is 1.72. The van der Waals surface area contributed by atoms with Crippen LogP contribution in [-0.2, 0) is 7.05 Å². The highest BCUT2D eigenvalue weighted by molar-refractivity contribution is 5.90. The van der Waals surface area contributed by atoms with Crippen molar-refractivity contribution in [3.63, 3.8) is 0 Å². The molecular weight excluding hydrogens is 280 g/mol. The zero-order chi connectivity index (χ0) is 15.1. The van der Waals surface area contributed by atoms with Gasteiger partial charge in [0.2, 0.25) is 5.69 Å². The zero-order valence-electron chi connectivity index (χ0n) is 10.7. The number of imidazole rings is 1. The third-order valence-corrected chi connectivity index (χ3v) is 2.93. The van der Waals surface area contributed by atoms with Gasteiger partial charge in [-0.25, -0.2) is 19.4 Å². The van der Waals surface area contributed by atoms with Crippen LogP contribution in [0.3, 0.4) is 0 Å². The average Bonchev–Trinajstić information content (AvgIpc) is 3.03. The van der Waals surface area contributed by atoms with E-state index in [-0.39, 0.29) is 5.82 Å². The number of pyridine rings is 1. The smallest absolute Gasteiger partial charge is 0.363 e. The van der Waals surface area contributed by atoms with Crippen LogP contribution in [0, 0.1) is 10.1 Å². The van der Waals surface area contributed by atoms with Crippen molar-refractivity contribution in [2.24, 2.45) is 7.05 Å². The van der Waals surface area contributed by atoms with Gasteiger partial charge in [-0.05, 0) is 6.07 Å². The Hall–Kier alpha value is -3.30. The molecule has 10 heteroatoms. The minimum Gasteiger partial charge on any atom is -0.476 e. The highest BCUT2D eigenvalue weighted by atomic mass is 16.6. The zero-order valence-corrected chi connectivity index (χ0v) is 10.7. The molecule has 0 saturated carbocycles. The Morgan fingerprint density at radius 3 is 2.81 bits per heavy atom. The van der Waals surface area contributed by atoms with Crippen molar-refractivity contribution in [1.82, 2.24) is 24.3 Å². The van der Waals surface area contributed by atoms with E-state index in [4.69, 9.17) is 5.11 Å². The van der Waals surface area contributed by atoms with Crippen molar-refractivity contribution in [1.29, 1.82) is 0 Å². The number of hydrogen-bond donors (Lipinski definition) is 1. The molecule has 0 spiro atoms. The van der Waals surface area contributed by atoms with E-state index in [2.05, 4.69) is 15.1 Å². The van der Waals surface area contributed by atoms with Gasteiger partial charge in [0.25, 0.3) is 0 Å². The summed E-state index contributed by atoms with van der Waals surface area (Å²) >= 11 is 0. The van der Waals surface area contributed by atoms with E-state index in [1.165, 1.54) is 6.20 Å². The van der Waals surface area contributed by atoms with Gasteiger partial charge in [-0.2, -0.15) is 5.10 Å². The number of nitro groups is 1. The van der Waals surface area contributed by atoms with E-state index in [1.54, 1.807) is 24.0 Å². The summed E-state index contributed by atoms with van der Waals surface area (Å²) in [6.45, 7) is 0. The lowest BCUT2D eigenvalue weighted by atomic mass is 10.4. The van der Waals surface area contributed by atoms with Crippen molar-refractivity contribution in [2.75, 3.05) is 0 Å². The number of aromatic nitrogens is 5. The quantitative estimate of drug-likeness (QED) is 0.556. The number of aromatic carboxylic acids is 1. The van der Waals surface area contributed by atoms with Crippen LogP contribution in [0.15, 0.2) is 24.8 Å². The Morgan fingerprint density at radius 2 is 2.19 bits per heavy atom. The Morgan fingerprint density at radius 1 is 1.43 bits per heavy atom. The van der Waals surface area contributed by atoms with Crippen LogP contribution in [0.4, 0.5) is 5.69 Å². The molecule has 0 aliphatic heterocycles. The molecule has 1 N–H and O–H groups in total. The molecule has 0 fully saturated rings. The van der Waals surface area contributed by atoms with Gasteiger partial charge in [-0.3, -0.25) is 10.1 Å². The maximum absolute atomic E-state index is 11.0. The van der Waals surface area contributed by atoms with Crippen LogP contribution in [0.25, 0.3) is 16.9 Å². The molecule has 3 rings (SSSR count). The van der Waals surface area contributed by atoms with E-state index < -0.39 is 22.3 Å². The Kier molecular flexibility index (Phi) is 2.65. The van der Waals surface area contributed by atoms with Crippen molar-refractivity contribution in [3.8, 4) is 5.82 Å². The Labute approximate surface area is 116 Å². The maximum atomic E-state index is 11.0. The highest BCUT2D eigenvalue weighted by Crippen LogP contribution is 2.22. The van der Waals surface area contributed by atoms with Gasteiger partial charge in [0.15, 0.2) is 5.82 Å². The second-order valence-electron chi connectivity index (χ2n) is 4.23. The van der Waals surface area contributed by atoms with Crippen molar-refractivity contribution in [2.45, 2.75) is 0 Å². The molecule has 106 valence electrons. The summed E-state index contributed by atoms with van der Waals surface area (Å²) in [5, 5.41) is 23.6. The van der Waals surface area contributed by atoms with Crippen molar-refractivity contribution in [3.05, 3.63) is 40.6 Å². The molecular formula is C11H8N6O4. The monoisotopic (exact) mass is 288 g/mol. The molecule has 10 nitrogen and oxygen atoms in total. The van der Waals surface area contributed by atoms with E-state index >= 15 is 0 Å². The van der Waals surface area contributed by atoms with Crippen molar-refractivity contribution < 1.29 is 14.8 Å². The molecule has 0 bridgehead atoms. The predicted octanol–water partition coefficient (Wildman–Crippen LogP) is 0.760. The molecule has 0 unspecified atom stereocenters. The largest absolute Gasteiger partial charge is 0.476 e. The summed E-state index contributed by atoms with van der Waals surface area (Å²) in [6.07, 6.45) is 4.07. The average molecular weight is 288 g/mol. The molecule has 3 aromatic rings. The number of aryl methyl sites for hydroxylation is 1. The Bertz CT molecular complexity index is 849. The number of hydrogen-bond acceptors (Lipinski definition) is 6. The predicted molar refractivity (Wildman–Crippen MR) is 69.2 cm³/mol. The van der Waals surface area contributed by atoms with Crippen LogP contribution in [0.5, 0.6) is 0 Å². The van der Waals surface area contributed by atoms with E-state index in [1.807, 2.05) is 0 Å². The molecule has 0 atom stereocenters. The molecule has 3 heterocycles. The van der Waals surface area contributed by atoms with Gasteiger partial charge in [0.1, 0.15) is 11.7 Å². The molecule has 0 aromatic carbocycles. The fourth-order valence-electron chi connectivity index (χ4n) is 1.98. The lowest BCUT2D eigenvalue weighted by molar-refractivity contribution is -0.385. The minimum atomic E-state index is -1.48. The van der Waals surface area contributed by atoms with Gasteiger partial charge in [0.05, 0.1) is 16.8 Å². The standard InChI is InChI=1S/C11H8N6O4/c1-15-5-13-8-6(15)2-3-12-10(8)16-4-7(17(20)21)9(14-16)11(18)19/h2-5H,1H3,(H,18,19). The number of fused-ring (bicyclic) bond motifs is 1. The second-order valence-corrected chi connectivity index (χ2v) is 4.23. The second kappa shape index (κ2) is 4.37. The first-order chi connectivity index (χ1) is 9.99. The van der Waals surface area contributed by atoms with Crippen LogP contribution < -0.4 is 0 Å². The van der Waals surface area contributed by atoms with Crippen LogP contribution in [-0.4, -0.2) is 40.3 Å². The van der Waals surface area contributed by atoms with Crippen LogP contribution in [0.1, 0.15) is 10.5 Å². The number of nitrogens with zero attached hydrogens (tertiary/aromatic N) is 6. The van der Waals surface area contributed by atoms with E-state index in [0.29, 0.717) is 5.52 Å². The molecule has 0 aliphatic carbocycles. The normalized spacial score (nSPS) is 10.9. The maximum Gasteiger partial charge on any atom is 0.363 e. The number of carbonyl (C=O) groups is 1. The molecule has 0 amide bonds. The molecule has 0 aliphatic rings. The first-order valence-corrected chi connectivity index (χ1v) is 5.73. The van der Waals surface area contributed by atoms with E-state index in [9.17, 15) is 14.9 Å². The lowest BCUT2D eigenvalue weighted by Gasteiger charge is -2.00. The third-order valence-electron chi connectivity index (χ3n) is 2.93. The van der Waals surface area contributed by atoms with Crippen LogP contribution in [0.2, 0.25) is 0 Å². The fraction of sp³-hybridized carbons (Fsp3) is 0.0909. The highest BCUT2D eigenvalue weighted by Gasteiger charge is 2.26. The SMILES string of the molecule is Cn1cnc2c(-n3cc([N+](=O)[O-])c(C(=O)O)n3)nccc21. The lowest BCUT2D eigenvalue weighted by Crippen LogP contribution is -2.04. The fourth-order valence-corrected chi connectivity index (χ4v) is 1.98. The van der Waals surface area contributed by atoms with Gasteiger partial charge < -0.3 is 9.67 Å². The number of rotatable bonds is 3. The summed E-state index contributed by atoms with van der Waals surface area (Å²) < 4.78 is 2.80. The molecule has 0 radical (unpaired) electrons. The number of carboxylic acids is 1. The minimum absolute atomic E-state index is 0.226. The third kappa shape index (κ3) is 1.89. The first kappa shape index (κ1) is 12.7. The summed E-state index contributed by atoms with van der Waals surface area (Å²) in [7, 11) is 1.79. The summed E-state index contributed by atoms with van der Waals surface area (Å²) in [4.78, 5) is 29.3. The topological polar surface area (TPSA) is 129 Å². The number of carboxylic acid groups (broad SMARTS) is 1. The Balaban J connectivity index is 2.26. The molecule has 21 heavy (non-hydrogen) atoms. The van der Waals surface area contributed by atoms with E-state index in [0.717, 1.165) is 16.4 Å². The van der Waals surface area contributed by atoms with Crippen molar-refractivity contribution >= 4 is 22.7 Å². The van der Waals surface area contributed by atoms with Gasteiger partial charge >= 0.3 is 11.7 Å². The summed E-state index contributed by atoms with van der Waals surface area (Å²) in [5.41, 5.74) is -0.0312. The first-order valence-electron chi connectivity index (χ1n) is 5.73. The van der Waals surface area contributed by atoms with Crippen LogP contribution >= 0.6 is 0 Å². The summed E-state index contributed by atoms with van der Waals surface area (Å²) in [5.74, 6) is -1.25. The van der Waals surface area contributed by atoms with Gasteiger partial charge in [-0.15, -0.1) is 0 Å². The molecule has 3 aromatic heterocycles. The van der Waals surface area contributed by atoms with Gasteiger partial charge in [-0.1, -0.05) is 0 Å². The molecule has 0 saturated heterocycles. The van der Waals surface area contributed by atoms with Gasteiger partial charge in [0, 0.05) is 13.2 Å².